The molecule has 0 radical (unpaired) electrons. The van der Waals surface area contributed by atoms with Crippen molar-refractivity contribution < 1.29 is 22.3 Å². The third-order valence-electron chi connectivity index (χ3n) is 13.9. The molecule has 4 unspecified atom stereocenters. The number of aromatic nitrogens is 2. The molecular formula is C48H49F3N3S+3. The van der Waals surface area contributed by atoms with Gasteiger partial charge in [0.1, 0.15) is 0 Å². The molecule has 3 aromatic heterocycles. The van der Waals surface area contributed by atoms with Crippen molar-refractivity contribution in [2.24, 2.45) is 11.3 Å². The number of unbranched alkanes of at least 4 members (excludes halogenated alkanes) is 1. The molecule has 0 fully saturated rings. The van der Waals surface area contributed by atoms with Crippen LogP contribution in [0.3, 0.4) is 0 Å². The summed E-state index contributed by atoms with van der Waals surface area (Å²) in [6.45, 7) is 11.2. The molecule has 55 heavy (non-hydrogen) atoms. The number of hydrogen-bond acceptors (Lipinski definition) is 1. The van der Waals surface area contributed by atoms with Crippen LogP contribution in [0.2, 0.25) is 0 Å². The summed E-state index contributed by atoms with van der Waals surface area (Å²) in [4.78, 5) is 0. The Labute approximate surface area is 325 Å². The van der Waals surface area contributed by atoms with Gasteiger partial charge in [0.05, 0.1) is 17.9 Å². The summed E-state index contributed by atoms with van der Waals surface area (Å²) in [5, 5.41) is 3.97. The summed E-state index contributed by atoms with van der Waals surface area (Å²) >= 11 is 1.93. The highest BCUT2D eigenvalue weighted by molar-refractivity contribution is 7.26. The number of halogens is 3. The fraction of sp³-hybridized carbons (Fsp3) is 0.375. The van der Waals surface area contributed by atoms with Gasteiger partial charge in [-0.2, -0.15) is 22.3 Å². The first-order chi connectivity index (χ1) is 26.5. The molecule has 280 valence electrons. The topological polar surface area (TPSA) is 21.9 Å². The molecule has 0 aliphatic carbocycles. The summed E-state index contributed by atoms with van der Waals surface area (Å²) in [5.41, 5.74) is 7.26. The lowest BCUT2D eigenvalue weighted by Crippen LogP contribution is -2.69. The molecule has 4 atom stereocenters. The summed E-state index contributed by atoms with van der Waals surface area (Å²) in [5.74, 6) is -0.170. The number of rotatable bonds is 8. The maximum atomic E-state index is 14.4. The maximum absolute atomic E-state index is 14.4. The van der Waals surface area contributed by atoms with E-state index in [1.165, 1.54) is 72.4 Å². The smallest absolute Gasteiger partial charge is 0.193 e. The molecule has 0 spiro atoms. The summed E-state index contributed by atoms with van der Waals surface area (Å²) in [6, 6.07) is 31.1. The number of fused-ring (bicyclic) bond motifs is 13. The molecule has 3 aliphatic heterocycles. The van der Waals surface area contributed by atoms with E-state index in [0.29, 0.717) is 17.7 Å². The molecule has 7 heteroatoms. The number of thiophene rings is 1. The quantitative estimate of drug-likeness (QED) is 0.109. The van der Waals surface area contributed by atoms with Gasteiger partial charge in [0.15, 0.2) is 17.8 Å². The Morgan fingerprint density at radius 1 is 0.891 bits per heavy atom. The lowest BCUT2D eigenvalue weighted by atomic mass is 9.56. The summed E-state index contributed by atoms with van der Waals surface area (Å²) < 4.78 is 55.2. The molecule has 0 N–H and O–H groups in total. The Morgan fingerprint density at radius 3 is 2.49 bits per heavy atom. The lowest BCUT2D eigenvalue weighted by Gasteiger charge is -2.47. The Hall–Kier alpha value is -4.58. The second kappa shape index (κ2) is 13.3. The second-order valence-corrected chi connectivity index (χ2v) is 17.3. The van der Waals surface area contributed by atoms with Gasteiger partial charge in [-0.15, -0.1) is 11.3 Å². The Balaban J connectivity index is 1.24. The van der Waals surface area contributed by atoms with Gasteiger partial charge >= 0.3 is 11.9 Å². The van der Waals surface area contributed by atoms with Crippen LogP contribution in [0.25, 0.3) is 47.9 Å². The zero-order valence-corrected chi connectivity index (χ0v) is 33.2. The molecule has 3 nitrogen and oxygen atoms in total. The summed E-state index contributed by atoms with van der Waals surface area (Å²) in [6.07, 6.45) is 6.15. The predicted molar refractivity (Wildman–Crippen MR) is 222 cm³/mol. The third kappa shape index (κ3) is 5.33. The van der Waals surface area contributed by atoms with Crippen molar-refractivity contribution in [1.29, 1.82) is 0 Å². The minimum Gasteiger partial charge on any atom is -0.193 e. The van der Waals surface area contributed by atoms with Crippen molar-refractivity contribution in [3.8, 4) is 11.3 Å². The summed E-state index contributed by atoms with van der Waals surface area (Å²) in [7, 11) is 0. The van der Waals surface area contributed by atoms with Crippen LogP contribution in [0, 0.1) is 11.3 Å². The average Bonchev–Trinajstić information content (AvgIpc) is 3.75. The fourth-order valence-electron chi connectivity index (χ4n) is 10.8. The maximum Gasteiger partial charge on any atom is 0.495 e. The van der Waals surface area contributed by atoms with Crippen molar-refractivity contribution >= 4 is 59.4 Å². The molecule has 0 saturated carbocycles. The van der Waals surface area contributed by atoms with Crippen LogP contribution in [0.4, 0.5) is 13.2 Å². The molecule has 2 bridgehead atoms. The van der Waals surface area contributed by atoms with Gasteiger partial charge in [-0.1, -0.05) is 82.1 Å². The van der Waals surface area contributed by atoms with E-state index in [4.69, 9.17) is 0 Å². The van der Waals surface area contributed by atoms with E-state index in [1.807, 2.05) is 23.5 Å². The van der Waals surface area contributed by atoms with Crippen LogP contribution in [0.5, 0.6) is 0 Å². The SMILES string of the molecule is CCCCc1cccc2sc3c4c(ccc3c12)C(CCC1(CC)[n+]2ccccc2C2=CC(C(F)(F)F)=[N+]=C(C2)C(C)C1(C)CC)[n+]1c-4ccc2ccccc21. The molecule has 3 aromatic carbocycles. The average molecular weight is 757 g/mol. The molecule has 6 aromatic rings. The minimum absolute atomic E-state index is 0.0875. The highest BCUT2D eigenvalue weighted by atomic mass is 32.1. The number of nitrogens with zero attached hydrogens (tertiary/aromatic N) is 3. The van der Waals surface area contributed by atoms with E-state index in [1.54, 1.807) is 0 Å². The van der Waals surface area contributed by atoms with E-state index in [-0.39, 0.29) is 17.4 Å². The Morgan fingerprint density at radius 2 is 1.71 bits per heavy atom. The van der Waals surface area contributed by atoms with Crippen LogP contribution in [0.1, 0.15) is 102 Å². The van der Waals surface area contributed by atoms with Gasteiger partial charge in [-0.05, 0) is 49.1 Å². The highest BCUT2D eigenvalue weighted by Gasteiger charge is 2.62. The van der Waals surface area contributed by atoms with Crippen LogP contribution in [-0.2, 0) is 12.0 Å². The molecule has 0 amide bonds. The van der Waals surface area contributed by atoms with Crippen molar-refractivity contribution in [2.45, 2.75) is 104 Å². The monoisotopic (exact) mass is 756 g/mol. The molecule has 9 rings (SSSR count). The second-order valence-electron chi connectivity index (χ2n) is 16.3. The van der Waals surface area contributed by atoms with Gasteiger partial charge in [0, 0.05) is 91.7 Å². The van der Waals surface area contributed by atoms with Crippen molar-refractivity contribution in [2.75, 3.05) is 0 Å². The number of alkyl halides is 3. The van der Waals surface area contributed by atoms with Gasteiger partial charge in [0.25, 0.3) is 5.71 Å². The van der Waals surface area contributed by atoms with Crippen LogP contribution < -0.4 is 13.8 Å². The van der Waals surface area contributed by atoms with Gasteiger partial charge < -0.3 is 0 Å². The van der Waals surface area contributed by atoms with E-state index in [0.717, 1.165) is 37.8 Å². The third-order valence-corrected chi connectivity index (χ3v) is 15.1. The number of benzene rings is 3. The van der Waals surface area contributed by atoms with Crippen LogP contribution in [-0.4, -0.2) is 17.6 Å². The number of pyridine rings is 2. The number of aryl methyl sites for hydroxylation is 1. The van der Waals surface area contributed by atoms with Crippen molar-refractivity contribution in [3.63, 3.8) is 0 Å². The first kappa shape index (κ1) is 36.1. The van der Waals surface area contributed by atoms with Gasteiger partial charge in [0.2, 0.25) is 16.9 Å². The van der Waals surface area contributed by atoms with Crippen LogP contribution >= 0.6 is 11.3 Å². The highest BCUT2D eigenvalue weighted by Crippen LogP contribution is 2.53. The van der Waals surface area contributed by atoms with Gasteiger partial charge in [-0.25, -0.2) is 0 Å². The molecule has 6 heterocycles. The number of hydrogen-bond donors (Lipinski definition) is 0. The predicted octanol–water partition coefficient (Wildman–Crippen LogP) is 11.6. The first-order valence-corrected chi connectivity index (χ1v) is 21.0. The normalized spacial score (nSPS) is 23.2. The number of para-hydroxylation sites is 1. The Kier molecular flexibility index (Phi) is 8.71. The largest absolute Gasteiger partial charge is 0.495 e. The standard InChI is InChI=1S/C48H49F3N3S/c1-6-9-15-32-17-14-20-41-43(32)35-23-22-34-39(54-38-19-11-10-16-31(38)21-24-40(54)44(34)45(35)55-41)25-26-47(8-3)46(5,7-2)30(4)36-28-33(29-42(52-36)48(49,50)51)37-18-12-13-27-53(37)47/h10-14,16-24,27,29-30,39H,6-9,15,25-26,28H2,1-5H3/q+3. The molecule has 3 aliphatic rings. The minimum atomic E-state index is -4.51. The fourth-order valence-corrected chi connectivity index (χ4v) is 12.1. The van der Waals surface area contributed by atoms with E-state index in [9.17, 15) is 13.2 Å². The zero-order chi connectivity index (χ0) is 38.3. The van der Waals surface area contributed by atoms with E-state index in [2.05, 4.69) is 127 Å². The first-order valence-electron chi connectivity index (χ1n) is 20.2. The molecule has 0 saturated heterocycles. The Bertz CT molecular complexity index is 2630. The zero-order valence-electron chi connectivity index (χ0n) is 32.4. The van der Waals surface area contributed by atoms with Crippen molar-refractivity contribution in [1.82, 2.24) is 4.67 Å². The molecular weight excluding hydrogens is 708 g/mol. The van der Waals surface area contributed by atoms with E-state index < -0.39 is 17.4 Å². The van der Waals surface area contributed by atoms with Crippen molar-refractivity contribution in [3.05, 3.63) is 114 Å². The van der Waals surface area contributed by atoms with Crippen LogP contribution in [0.15, 0.2) is 97.2 Å². The van der Waals surface area contributed by atoms with E-state index >= 15 is 0 Å². The number of allylic oxidation sites excluding steroid dienone is 2. The van der Waals surface area contributed by atoms with Gasteiger partial charge in [-0.3, -0.25) is 0 Å². The lowest BCUT2D eigenvalue weighted by molar-refractivity contribution is -0.787.